The van der Waals surface area contributed by atoms with Gasteiger partial charge in [-0.3, -0.25) is 0 Å². The van der Waals surface area contributed by atoms with E-state index in [2.05, 4.69) is 26.8 Å². The maximum atomic E-state index is 5.53. The number of allylic oxidation sites excluding steroid dienone is 2. The molecule has 1 unspecified atom stereocenters. The lowest BCUT2D eigenvalue weighted by atomic mass is 9.72. The van der Waals surface area contributed by atoms with Gasteiger partial charge in [0, 0.05) is 5.70 Å². The summed E-state index contributed by atoms with van der Waals surface area (Å²) in [6, 6.07) is 0. The van der Waals surface area contributed by atoms with E-state index in [4.69, 9.17) is 5.73 Å². The number of hydrogen-bond donors (Lipinski definition) is 1. The minimum atomic E-state index is 0.420. The van der Waals surface area contributed by atoms with E-state index in [-0.39, 0.29) is 0 Å². The van der Waals surface area contributed by atoms with Gasteiger partial charge in [-0.15, -0.1) is 0 Å². The summed E-state index contributed by atoms with van der Waals surface area (Å²) < 4.78 is 0. The Balaban J connectivity index is 2.51. The number of hydrogen-bond acceptors (Lipinski definition) is 1. The Bertz CT molecular complexity index is 139. The molecule has 0 amide bonds. The molecule has 0 aromatic carbocycles. The van der Waals surface area contributed by atoms with Gasteiger partial charge in [0.15, 0.2) is 0 Å². The van der Waals surface area contributed by atoms with Crippen molar-refractivity contribution < 1.29 is 0 Å². The Morgan fingerprint density at radius 3 is 2.11 bits per heavy atom. The van der Waals surface area contributed by atoms with Crippen molar-refractivity contribution in [3.05, 3.63) is 11.8 Å². The zero-order valence-corrected chi connectivity index (χ0v) is 6.44. The summed E-state index contributed by atoms with van der Waals surface area (Å²) in [6.45, 7) is 6.75. The first kappa shape index (κ1) is 6.66. The minimum Gasteiger partial charge on any atom is -0.402 e. The van der Waals surface area contributed by atoms with Crippen LogP contribution in [0.3, 0.4) is 0 Å². The molecule has 0 aromatic heterocycles. The lowest BCUT2D eigenvalue weighted by Crippen LogP contribution is -2.27. The summed E-state index contributed by atoms with van der Waals surface area (Å²) in [6.07, 6.45) is 3.27. The molecule has 52 valence electrons. The van der Waals surface area contributed by atoms with Crippen molar-refractivity contribution in [2.45, 2.75) is 27.2 Å². The molecule has 1 aliphatic rings. The zero-order chi connectivity index (χ0) is 7.07. The predicted octanol–water partition coefficient (Wildman–Crippen LogP) is 1.90. The Morgan fingerprint density at radius 1 is 1.56 bits per heavy atom. The highest BCUT2D eigenvalue weighted by Gasteiger charge is 2.28. The van der Waals surface area contributed by atoms with Crippen LogP contribution in [0.2, 0.25) is 0 Å². The van der Waals surface area contributed by atoms with Gasteiger partial charge in [-0.25, -0.2) is 0 Å². The van der Waals surface area contributed by atoms with Crippen molar-refractivity contribution in [1.29, 1.82) is 0 Å². The van der Waals surface area contributed by atoms with Gasteiger partial charge in [-0.05, 0) is 17.8 Å². The lowest BCUT2D eigenvalue weighted by molar-refractivity contribution is 0.266. The molecule has 0 aromatic rings. The first-order chi connectivity index (χ1) is 4.00. The Kier molecular flexibility index (Phi) is 1.30. The molecular formula is C8H15N. The van der Waals surface area contributed by atoms with Crippen LogP contribution in [-0.4, -0.2) is 0 Å². The van der Waals surface area contributed by atoms with Crippen molar-refractivity contribution in [2.24, 2.45) is 17.1 Å². The Hall–Kier alpha value is -0.460. The highest BCUT2D eigenvalue weighted by Crippen LogP contribution is 2.37. The summed E-state index contributed by atoms with van der Waals surface area (Å²) in [7, 11) is 0. The smallest absolute Gasteiger partial charge is 0.00492 e. The second kappa shape index (κ2) is 1.76. The molecule has 2 N–H and O–H groups in total. The van der Waals surface area contributed by atoms with Crippen LogP contribution in [0.1, 0.15) is 27.2 Å². The van der Waals surface area contributed by atoms with E-state index in [1.54, 1.807) is 0 Å². The van der Waals surface area contributed by atoms with Crippen LogP contribution in [0.5, 0.6) is 0 Å². The average Bonchev–Trinajstić information content (AvgIpc) is 1.55. The molecule has 0 radical (unpaired) electrons. The maximum Gasteiger partial charge on any atom is 0.00492 e. The third kappa shape index (κ3) is 1.26. The average molecular weight is 125 g/mol. The first-order valence-corrected chi connectivity index (χ1v) is 3.46. The second-order valence-corrected chi connectivity index (χ2v) is 3.92. The molecule has 9 heavy (non-hydrogen) atoms. The van der Waals surface area contributed by atoms with E-state index < -0.39 is 0 Å². The van der Waals surface area contributed by atoms with E-state index in [1.165, 1.54) is 0 Å². The van der Waals surface area contributed by atoms with Crippen molar-refractivity contribution >= 4 is 0 Å². The number of nitrogens with two attached hydrogens (primary N) is 1. The summed E-state index contributed by atoms with van der Waals surface area (Å²) in [5, 5.41) is 0. The fourth-order valence-electron chi connectivity index (χ4n) is 1.04. The van der Waals surface area contributed by atoms with Gasteiger partial charge >= 0.3 is 0 Å². The van der Waals surface area contributed by atoms with E-state index >= 15 is 0 Å². The molecule has 1 atom stereocenters. The largest absolute Gasteiger partial charge is 0.402 e. The molecule has 1 heteroatoms. The SMILES string of the molecule is CC(C)(C)C1C=C(N)C1. The lowest BCUT2D eigenvalue weighted by Gasteiger charge is -2.34. The van der Waals surface area contributed by atoms with Crippen LogP contribution in [0.25, 0.3) is 0 Å². The highest BCUT2D eigenvalue weighted by atomic mass is 14.6. The molecule has 0 saturated carbocycles. The standard InChI is InChI=1S/C8H15N/c1-8(2,3)6-4-7(9)5-6/h4,6H,5,9H2,1-3H3. The van der Waals surface area contributed by atoms with Crippen LogP contribution in [-0.2, 0) is 0 Å². The van der Waals surface area contributed by atoms with Gasteiger partial charge in [0.25, 0.3) is 0 Å². The molecule has 0 aliphatic heterocycles. The fourth-order valence-corrected chi connectivity index (χ4v) is 1.04. The molecule has 1 nitrogen and oxygen atoms in total. The maximum absolute atomic E-state index is 5.53. The summed E-state index contributed by atoms with van der Waals surface area (Å²) in [5.74, 6) is 0.720. The van der Waals surface area contributed by atoms with Crippen LogP contribution < -0.4 is 5.73 Å². The third-order valence-electron chi connectivity index (χ3n) is 1.98. The first-order valence-electron chi connectivity index (χ1n) is 3.46. The van der Waals surface area contributed by atoms with Crippen LogP contribution >= 0.6 is 0 Å². The van der Waals surface area contributed by atoms with E-state index in [0.717, 1.165) is 18.0 Å². The van der Waals surface area contributed by atoms with Gasteiger partial charge < -0.3 is 5.73 Å². The monoisotopic (exact) mass is 125 g/mol. The van der Waals surface area contributed by atoms with E-state index in [0.29, 0.717) is 5.41 Å². The van der Waals surface area contributed by atoms with E-state index in [9.17, 15) is 0 Å². The Morgan fingerprint density at radius 2 is 2.00 bits per heavy atom. The second-order valence-electron chi connectivity index (χ2n) is 3.92. The van der Waals surface area contributed by atoms with E-state index in [1.807, 2.05) is 0 Å². The van der Waals surface area contributed by atoms with Gasteiger partial charge in [-0.1, -0.05) is 26.8 Å². The van der Waals surface area contributed by atoms with Gasteiger partial charge in [0.2, 0.25) is 0 Å². The normalized spacial score (nSPS) is 27.0. The zero-order valence-electron chi connectivity index (χ0n) is 6.44. The third-order valence-corrected chi connectivity index (χ3v) is 1.98. The van der Waals surface area contributed by atoms with Crippen molar-refractivity contribution in [1.82, 2.24) is 0 Å². The quantitative estimate of drug-likeness (QED) is 0.525. The molecule has 0 heterocycles. The van der Waals surface area contributed by atoms with Crippen molar-refractivity contribution in [3.63, 3.8) is 0 Å². The molecule has 1 rings (SSSR count). The van der Waals surface area contributed by atoms with Gasteiger partial charge in [0.1, 0.15) is 0 Å². The minimum absolute atomic E-state index is 0.420. The van der Waals surface area contributed by atoms with Crippen molar-refractivity contribution in [3.8, 4) is 0 Å². The van der Waals surface area contributed by atoms with Gasteiger partial charge in [0.05, 0.1) is 0 Å². The molecule has 0 spiro atoms. The van der Waals surface area contributed by atoms with Crippen LogP contribution in [0.15, 0.2) is 11.8 Å². The number of rotatable bonds is 0. The fraction of sp³-hybridized carbons (Fsp3) is 0.750. The topological polar surface area (TPSA) is 26.0 Å². The molecule has 1 aliphatic carbocycles. The van der Waals surface area contributed by atoms with Crippen LogP contribution in [0.4, 0.5) is 0 Å². The Labute approximate surface area is 56.9 Å². The summed E-state index contributed by atoms with van der Waals surface area (Å²) in [5.41, 5.74) is 7.01. The molecule has 0 saturated heterocycles. The van der Waals surface area contributed by atoms with Crippen LogP contribution in [0, 0.1) is 11.3 Å². The van der Waals surface area contributed by atoms with Crippen molar-refractivity contribution in [2.75, 3.05) is 0 Å². The van der Waals surface area contributed by atoms with Gasteiger partial charge in [-0.2, -0.15) is 0 Å². The molecular weight excluding hydrogens is 110 g/mol. The predicted molar refractivity (Wildman–Crippen MR) is 39.8 cm³/mol. The summed E-state index contributed by atoms with van der Waals surface area (Å²) >= 11 is 0. The highest BCUT2D eigenvalue weighted by molar-refractivity contribution is 5.15. The summed E-state index contributed by atoms with van der Waals surface area (Å²) in [4.78, 5) is 0. The molecule has 0 bridgehead atoms. The molecule has 0 fully saturated rings.